The molecule has 1 heterocycles. The van der Waals surface area contributed by atoms with E-state index in [1.165, 1.54) is 18.2 Å². The van der Waals surface area contributed by atoms with Crippen molar-refractivity contribution in [1.29, 1.82) is 0 Å². The van der Waals surface area contributed by atoms with E-state index in [2.05, 4.69) is 10.6 Å². The number of aromatic carboxylic acids is 1. The Morgan fingerprint density at radius 2 is 2.24 bits per heavy atom. The van der Waals surface area contributed by atoms with Crippen LogP contribution in [0.4, 0.5) is 10.5 Å². The van der Waals surface area contributed by atoms with Crippen LogP contribution in [0, 0.1) is 0 Å². The third kappa shape index (κ3) is 4.61. The molecule has 6 nitrogen and oxygen atoms in total. The van der Waals surface area contributed by atoms with Crippen LogP contribution >= 0.6 is 11.6 Å². The Kier molecular flexibility index (Phi) is 5.41. The summed E-state index contributed by atoms with van der Waals surface area (Å²) >= 11 is 5.83. The highest BCUT2D eigenvalue weighted by atomic mass is 35.5. The Labute approximate surface area is 127 Å². The number of urea groups is 1. The largest absolute Gasteiger partial charge is 0.478 e. The van der Waals surface area contributed by atoms with Crippen LogP contribution in [-0.2, 0) is 4.74 Å². The summed E-state index contributed by atoms with van der Waals surface area (Å²) < 4.78 is 5.46. The van der Waals surface area contributed by atoms with Crippen molar-refractivity contribution < 1.29 is 19.4 Å². The average molecular weight is 313 g/mol. The molecular weight excluding hydrogens is 296 g/mol. The van der Waals surface area contributed by atoms with Crippen LogP contribution in [-0.4, -0.2) is 36.4 Å². The Bertz CT molecular complexity index is 530. The van der Waals surface area contributed by atoms with Gasteiger partial charge in [-0.15, -0.1) is 0 Å². The third-order valence-corrected chi connectivity index (χ3v) is 3.55. The smallest absolute Gasteiger partial charge is 0.337 e. The molecule has 3 N–H and O–H groups in total. The Hall–Kier alpha value is -1.79. The average Bonchev–Trinajstić information content (AvgIpc) is 2.91. The summed E-state index contributed by atoms with van der Waals surface area (Å²) in [6, 6.07) is 3.90. The van der Waals surface area contributed by atoms with Gasteiger partial charge in [0, 0.05) is 18.8 Å². The zero-order valence-corrected chi connectivity index (χ0v) is 12.2. The molecule has 1 aromatic rings. The van der Waals surface area contributed by atoms with Crippen LogP contribution in [0.2, 0.25) is 5.02 Å². The molecule has 1 aromatic carbocycles. The standard InChI is InChI=1S/C14H17ClN2O4/c15-12-8-9(3-4-11(12)13(18)19)17-14(20)16-6-5-10-2-1-7-21-10/h3-4,8,10H,1-2,5-7H2,(H,18,19)(H2,16,17,20). The molecule has 1 saturated heterocycles. The van der Waals surface area contributed by atoms with Crippen molar-refractivity contribution in [1.82, 2.24) is 5.32 Å². The second kappa shape index (κ2) is 7.28. The van der Waals surface area contributed by atoms with Crippen molar-refractivity contribution in [3.05, 3.63) is 28.8 Å². The van der Waals surface area contributed by atoms with Gasteiger partial charge in [0.05, 0.1) is 16.7 Å². The Balaban J connectivity index is 1.79. The lowest BCUT2D eigenvalue weighted by atomic mass is 10.2. The molecule has 114 valence electrons. The number of ether oxygens (including phenoxy) is 1. The van der Waals surface area contributed by atoms with E-state index in [0.717, 1.165) is 25.9 Å². The van der Waals surface area contributed by atoms with Crippen molar-refractivity contribution in [3.63, 3.8) is 0 Å². The number of carbonyl (C=O) groups is 2. The first-order chi connectivity index (χ1) is 10.1. The molecule has 7 heteroatoms. The fourth-order valence-electron chi connectivity index (χ4n) is 2.16. The lowest BCUT2D eigenvalue weighted by Crippen LogP contribution is -2.31. The van der Waals surface area contributed by atoms with Crippen molar-refractivity contribution in [2.45, 2.75) is 25.4 Å². The highest BCUT2D eigenvalue weighted by molar-refractivity contribution is 6.33. The summed E-state index contributed by atoms with van der Waals surface area (Å²) in [4.78, 5) is 22.5. The maximum Gasteiger partial charge on any atom is 0.337 e. The van der Waals surface area contributed by atoms with E-state index >= 15 is 0 Å². The maximum atomic E-state index is 11.7. The first-order valence-electron chi connectivity index (χ1n) is 6.75. The normalized spacial score (nSPS) is 17.5. The fourth-order valence-corrected chi connectivity index (χ4v) is 2.42. The second-order valence-corrected chi connectivity index (χ2v) is 5.21. The van der Waals surface area contributed by atoms with E-state index in [4.69, 9.17) is 21.4 Å². The van der Waals surface area contributed by atoms with Crippen molar-refractivity contribution in [2.75, 3.05) is 18.5 Å². The van der Waals surface area contributed by atoms with Gasteiger partial charge < -0.3 is 20.5 Å². The number of carboxylic acid groups (broad SMARTS) is 1. The maximum absolute atomic E-state index is 11.7. The highest BCUT2D eigenvalue weighted by Gasteiger charge is 2.15. The molecule has 1 atom stereocenters. The van der Waals surface area contributed by atoms with Gasteiger partial charge in [0.25, 0.3) is 0 Å². The number of anilines is 1. The van der Waals surface area contributed by atoms with E-state index in [1.54, 1.807) is 0 Å². The molecule has 0 radical (unpaired) electrons. The topological polar surface area (TPSA) is 87.7 Å². The van der Waals surface area contributed by atoms with Crippen LogP contribution < -0.4 is 10.6 Å². The predicted molar refractivity (Wildman–Crippen MR) is 79.0 cm³/mol. The van der Waals surface area contributed by atoms with Gasteiger partial charge in [-0.05, 0) is 37.5 Å². The van der Waals surface area contributed by atoms with E-state index in [9.17, 15) is 9.59 Å². The number of benzene rings is 1. The number of nitrogens with one attached hydrogen (secondary N) is 2. The van der Waals surface area contributed by atoms with Crippen LogP contribution in [0.25, 0.3) is 0 Å². The minimum atomic E-state index is -1.10. The number of hydrogen-bond donors (Lipinski definition) is 3. The lowest BCUT2D eigenvalue weighted by Gasteiger charge is -2.11. The molecule has 0 aliphatic carbocycles. The second-order valence-electron chi connectivity index (χ2n) is 4.80. The number of carbonyl (C=O) groups excluding carboxylic acids is 1. The van der Waals surface area contributed by atoms with Gasteiger partial charge in [-0.25, -0.2) is 9.59 Å². The minimum Gasteiger partial charge on any atom is -0.478 e. The van der Waals surface area contributed by atoms with Gasteiger partial charge in [0.15, 0.2) is 0 Å². The zero-order chi connectivity index (χ0) is 15.2. The van der Waals surface area contributed by atoms with Gasteiger partial charge in [-0.3, -0.25) is 0 Å². The summed E-state index contributed by atoms with van der Waals surface area (Å²) in [6.45, 7) is 1.32. The summed E-state index contributed by atoms with van der Waals surface area (Å²) in [7, 11) is 0. The number of carboxylic acids is 1. The molecule has 1 fully saturated rings. The third-order valence-electron chi connectivity index (χ3n) is 3.23. The van der Waals surface area contributed by atoms with E-state index in [0.29, 0.717) is 12.2 Å². The summed E-state index contributed by atoms with van der Waals surface area (Å²) in [6.07, 6.45) is 3.13. The van der Waals surface area contributed by atoms with Crippen LogP contribution in [0.5, 0.6) is 0 Å². The summed E-state index contributed by atoms with van der Waals surface area (Å²) in [5.74, 6) is -1.10. The lowest BCUT2D eigenvalue weighted by molar-refractivity contribution is 0.0697. The molecule has 1 aliphatic heterocycles. The van der Waals surface area contributed by atoms with Crippen LogP contribution in [0.3, 0.4) is 0 Å². The highest BCUT2D eigenvalue weighted by Crippen LogP contribution is 2.21. The van der Waals surface area contributed by atoms with Gasteiger partial charge >= 0.3 is 12.0 Å². The van der Waals surface area contributed by atoms with Gasteiger partial charge in [0.2, 0.25) is 0 Å². The van der Waals surface area contributed by atoms with Crippen molar-refractivity contribution in [2.24, 2.45) is 0 Å². The number of rotatable bonds is 5. The molecule has 0 saturated carbocycles. The predicted octanol–water partition coefficient (Wildman–Crippen LogP) is 2.73. The molecule has 1 unspecified atom stereocenters. The van der Waals surface area contributed by atoms with Gasteiger partial charge in [0.1, 0.15) is 0 Å². The number of amides is 2. The molecule has 0 spiro atoms. The van der Waals surface area contributed by atoms with Crippen molar-refractivity contribution >= 4 is 29.3 Å². The van der Waals surface area contributed by atoms with Crippen LogP contribution in [0.1, 0.15) is 29.6 Å². The first kappa shape index (κ1) is 15.6. The minimum absolute atomic E-state index is 0.000932. The quantitative estimate of drug-likeness (QED) is 0.780. The molecular formula is C14H17ClN2O4. The van der Waals surface area contributed by atoms with Gasteiger partial charge in [-0.1, -0.05) is 11.6 Å². The fraction of sp³-hybridized carbons (Fsp3) is 0.429. The SMILES string of the molecule is O=C(NCCC1CCCO1)Nc1ccc(C(=O)O)c(Cl)c1. The molecule has 0 aromatic heterocycles. The first-order valence-corrected chi connectivity index (χ1v) is 7.13. The van der Waals surface area contributed by atoms with Gasteiger partial charge in [-0.2, -0.15) is 0 Å². The van der Waals surface area contributed by atoms with E-state index in [1.807, 2.05) is 0 Å². The molecule has 2 rings (SSSR count). The van der Waals surface area contributed by atoms with E-state index in [-0.39, 0.29) is 22.7 Å². The number of hydrogen-bond acceptors (Lipinski definition) is 3. The number of halogens is 1. The van der Waals surface area contributed by atoms with Crippen molar-refractivity contribution in [3.8, 4) is 0 Å². The Morgan fingerprint density at radius 1 is 1.43 bits per heavy atom. The monoisotopic (exact) mass is 312 g/mol. The van der Waals surface area contributed by atoms with E-state index < -0.39 is 5.97 Å². The molecule has 21 heavy (non-hydrogen) atoms. The molecule has 2 amide bonds. The summed E-state index contributed by atoms with van der Waals surface area (Å²) in [5.41, 5.74) is 0.445. The Morgan fingerprint density at radius 3 is 2.86 bits per heavy atom. The summed E-state index contributed by atoms with van der Waals surface area (Å²) in [5, 5.41) is 14.3. The van der Waals surface area contributed by atoms with Crippen LogP contribution in [0.15, 0.2) is 18.2 Å². The zero-order valence-electron chi connectivity index (χ0n) is 11.4. The molecule has 0 bridgehead atoms. The molecule has 1 aliphatic rings.